The molecule has 3 heterocycles. The number of nitrogens with zero attached hydrogens (tertiary/aromatic N) is 11. The van der Waals surface area contributed by atoms with Gasteiger partial charge in [-0.15, -0.1) is 20.5 Å². The van der Waals surface area contributed by atoms with E-state index in [4.69, 9.17) is 33.9 Å². The molecule has 23 nitrogen and oxygen atoms in total. The molecular weight excluding hydrogens is 1080 g/mol. The molecule has 0 fully saturated rings. The molecule has 0 aliphatic heterocycles. The number of azo groups is 2. The number of thioether (sulfide) groups is 1. The Balaban J connectivity index is 1.25. The van der Waals surface area contributed by atoms with Gasteiger partial charge in [0.15, 0.2) is 15.2 Å². The fraction of sp³-hybridized carbons (Fsp3) is 0.271. The number of benzene rings is 5. The lowest BCUT2D eigenvalue weighted by Gasteiger charge is -2.25. The average molecular weight is 1130 g/mol. The Morgan fingerprint density at radius 3 is 1.37 bits per heavy atom. The maximum atomic E-state index is 12.2. The Morgan fingerprint density at radius 2 is 0.987 bits per heavy atom. The molecule has 0 atom stereocenters. The fourth-order valence-electron chi connectivity index (χ4n) is 7.87. The summed E-state index contributed by atoms with van der Waals surface area (Å²) >= 11 is 3.33. The number of anilines is 6. The van der Waals surface area contributed by atoms with Crippen molar-refractivity contribution in [2.24, 2.45) is 20.5 Å². The minimum Gasteiger partial charge on any atom is -0.495 e. The van der Waals surface area contributed by atoms with Crippen LogP contribution < -0.4 is 39.4 Å². The van der Waals surface area contributed by atoms with Crippen LogP contribution in [0.25, 0.3) is 21.8 Å². The zero-order valence-electron chi connectivity index (χ0n) is 42.2. The third-order valence-electron chi connectivity index (χ3n) is 11.7. The van der Waals surface area contributed by atoms with Crippen molar-refractivity contribution in [1.29, 1.82) is 0 Å². The largest absolute Gasteiger partial charge is 0.495 e. The minimum absolute atomic E-state index is 0.0952. The Bertz CT molecular complexity index is 3490. The van der Waals surface area contributed by atoms with E-state index < -0.39 is 30.0 Å². The number of hydrogen-bond donors (Lipinski definition) is 4. The molecule has 76 heavy (non-hydrogen) atoms. The first-order valence-electron chi connectivity index (χ1n) is 23.2. The number of methoxy groups -OCH3 is 4. The first-order chi connectivity index (χ1) is 36.5. The van der Waals surface area contributed by atoms with Gasteiger partial charge in [0.2, 0.25) is 11.9 Å². The fourth-order valence-corrected chi connectivity index (χ4v) is 11.3. The average Bonchev–Trinajstić information content (AvgIpc) is 4.01. The van der Waals surface area contributed by atoms with E-state index in [1.807, 2.05) is 70.2 Å². The molecule has 8 rings (SSSR count). The van der Waals surface area contributed by atoms with Crippen molar-refractivity contribution in [1.82, 2.24) is 23.7 Å². The van der Waals surface area contributed by atoms with Crippen LogP contribution in [-0.2, 0) is 26.0 Å². The predicted octanol–water partition coefficient (Wildman–Crippen LogP) is 11.9. The smallest absolute Gasteiger partial charge is 0.298 e. The van der Waals surface area contributed by atoms with Crippen LogP contribution in [0.1, 0.15) is 33.3 Å². The number of aromatic nitrogens is 5. The van der Waals surface area contributed by atoms with E-state index in [1.165, 1.54) is 50.2 Å². The standard InChI is InChI=1S/C48H51N13O10S5/c1-9-60(10-2)36-20-32(34(22-38(36)68-5)54-56-44-28-18-40(70-7)42(75(62,63)64)24-30(28)58-73-44)49-46-51-47(53-48(52-46)72-26-27-16-14-13-15-17-27)50-33-21-37(61(11-3)12-4)39(69-6)23-35(33)55-57-45-29-19-41(71-8)43(76(65,66)67)25-31(29)59-74-45/h13-25H,9-12,26H2,1-8H3,(H,62,63,64)(H,65,66,67)(H2,49,50,51,52,53)/b56-54+,57-55+. The second-order valence-electron chi connectivity index (χ2n) is 16.1. The molecule has 0 unspecified atom stereocenters. The number of fused-ring (bicyclic) bond motifs is 2. The summed E-state index contributed by atoms with van der Waals surface area (Å²) in [6.45, 7) is 10.7. The first-order valence-corrected chi connectivity index (χ1v) is 28.6. The second kappa shape index (κ2) is 23.7. The van der Waals surface area contributed by atoms with Gasteiger partial charge < -0.3 is 39.4 Å². The highest BCUT2D eigenvalue weighted by Crippen LogP contribution is 2.45. The van der Waals surface area contributed by atoms with Gasteiger partial charge in [-0.25, -0.2) is 0 Å². The molecule has 3 aromatic heterocycles. The molecule has 8 aromatic rings. The van der Waals surface area contributed by atoms with Gasteiger partial charge >= 0.3 is 0 Å². The Labute approximate surface area is 450 Å². The molecule has 0 aliphatic rings. The van der Waals surface area contributed by atoms with Crippen molar-refractivity contribution in [3.05, 3.63) is 84.4 Å². The maximum absolute atomic E-state index is 12.2. The van der Waals surface area contributed by atoms with Gasteiger partial charge in [-0.05, 0) is 92.7 Å². The molecule has 0 amide bonds. The topological polar surface area (TPSA) is 290 Å². The monoisotopic (exact) mass is 1130 g/mol. The number of nitrogens with one attached hydrogen (secondary N) is 2. The molecule has 0 aliphatic carbocycles. The van der Waals surface area contributed by atoms with Crippen molar-refractivity contribution in [3.63, 3.8) is 0 Å². The number of hydrogen-bond acceptors (Lipinski definition) is 24. The van der Waals surface area contributed by atoms with Crippen molar-refractivity contribution in [3.8, 4) is 23.0 Å². The van der Waals surface area contributed by atoms with Gasteiger partial charge in [-0.2, -0.15) is 40.5 Å². The van der Waals surface area contributed by atoms with Gasteiger partial charge in [0, 0.05) is 54.8 Å². The lowest BCUT2D eigenvalue weighted by molar-refractivity contribution is 0.398. The van der Waals surface area contributed by atoms with Crippen LogP contribution >= 0.6 is 34.8 Å². The third kappa shape index (κ3) is 12.2. The summed E-state index contributed by atoms with van der Waals surface area (Å²) in [7, 11) is -3.56. The maximum Gasteiger partial charge on any atom is 0.298 e. The van der Waals surface area contributed by atoms with Crippen molar-refractivity contribution < 1.29 is 44.9 Å². The zero-order chi connectivity index (χ0) is 54.3. The Hall–Kier alpha value is -7.34. The molecule has 5 aromatic carbocycles. The summed E-state index contributed by atoms with van der Waals surface area (Å²) in [6, 6.07) is 22.3. The van der Waals surface area contributed by atoms with Crippen molar-refractivity contribution in [2.75, 3.05) is 75.1 Å². The van der Waals surface area contributed by atoms with E-state index in [1.54, 1.807) is 26.4 Å². The molecule has 0 bridgehead atoms. The molecule has 0 spiro atoms. The van der Waals surface area contributed by atoms with E-state index in [-0.39, 0.29) is 34.4 Å². The lowest BCUT2D eigenvalue weighted by atomic mass is 10.2. The molecule has 0 saturated carbocycles. The Kier molecular flexibility index (Phi) is 17.1. The van der Waals surface area contributed by atoms with E-state index in [0.717, 1.165) is 40.0 Å². The highest BCUT2D eigenvalue weighted by Gasteiger charge is 2.24. The summed E-state index contributed by atoms with van der Waals surface area (Å²) < 4.78 is 99.5. The molecule has 4 N–H and O–H groups in total. The second-order valence-corrected chi connectivity index (χ2v) is 21.3. The summed E-state index contributed by atoms with van der Waals surface area (Å²) in [6.07, 6.45) is 0. The van der Waals surface area contributed by atoms with Gasteiger partial charge in [-0.1, -0.05) is 42.1 Å². The van der Waals surface area contributed by atoms with Gasteiger partial charge in [0.05, 0.1) is 62.2 Å². The van der Waals surface area contributed by atoms with Crippen LogP contribution in [0.5, 0.6) is 23.0 Å². The lowest BCUT2D eigenvalue weighted by Crippen LogP contribution is -2.22. The number of rotatable bonds is 23. The van der Waals surface area contributed by atoms with Crippen LogP contribution in [0.2, 0.25) is 0 Å². The summed E-state index contributed by atoms with van der Waals surface area (Å²) in [5.41, 5.74) is 4.53. The van der Waals surface area contributed by atoms with E-state index in [0.29, 0.717) is 92.1 Å². The summed E-state index contributed by atoms with van der Waals surface area (Å²) in [5.74, 6) is 1.59. The highest BCUT2D eigenvalue weighted by atomic mass is 32.2. The zero-order valence-corrected chi connectivity index (χ0v) is 46.2. The minimum atomic E-state index is -4.63. The highest BCUT2D eigenvalue weighted by molar-refractivity contribution is 7.98. The van der Waals surface area contributed by atoms with Crippen LogP contribution in [-0.4, -0.2) is 104 Å². The normalized spacial score (nSPS) is 12.0. The van der Waals surface area contributed by atoms with Crippen LogP contribution in [0, 0.1) is 0 Å². The van der Waals surface area contributed by atoms with Gasteiger partial charge in [0.1, 0.15) is 44.2 Å². The molecule has 398 valence electrons. The quantitative estimate of drug-likeness (QED) is 0.0263. The summed E-state index contributed by atoms with van der Waals surface area (Å²) in [4.78, 5) is 18.0. The van der Waals surface area contributed by atoms with Gasteiger partial charge in [0.25, 0.3) is 20.2 Å². The van der Waals surface area contributed by atoms with E-state index in [2.05, 4.69) is 49.6 Å². The SMILES string of the molecule is CCN(CC)c1cc(Nc2nc(Nc3cc(N(CC)CC)c(OC)cc3/N=N/c3snc4cc(S(=O)(=O)O)c(OC)cc34)nc(SCc3ccccc3)n2)c(/N=N/c2snc3cc(S(=O)(=O)O)c(OC)cc23)cc1OC. The molecule has 28 heteroatoms. The van der Waals surface area contributed by atoms with Crippen molar-refractivity contribution >= 4 is 133 Å². The summed E-state index contributed by atoms with van der Waals surface area (Å²) in [5, 5.41) is 27.1. The van der Waals surface area contributed by atoms with Gasteiger partial charge in [-0.3, -0.25) is 9.11 Å². The predicted molar refractivity (Wildman–Crippen MR) is 296 cm³/mol. The van der Waals surface area contributed by atoms with E-state index in [9.17, 15) is 25.9 Å². The van der Waals surface area contributed by atoms with Crippen molar-refractivity contribution in [2.45, 2.75) is 48.4 Å². The van der Waals surface area contributed by atoms with E-state index >= 15 is 0 Å². The molecular formula is C48H51N13O10S5. The van der Waals surface area contributed by atoms with Crippen LogP contribution in [0.4, 0.5) is 56.0 Å². The molecule has 0 radical (unpaired) electrons. The van der Waals surface area contributed by atoms with Crippen LogP contribution in [0.15, 0.2) is 114 Å². The van der Waals surface area contributed by atoms with Crippen LogP contribution in [0.3, 0.4) is 0 Å². The molecule has 0 saturated heterocycles. The first kappa shape index (κ1) is 54.9. The Morgan fingerprint density at radius 1 is 0.566 bits per heavy atom. The third-order valence-corrected chi connectivity index (χ3v) is 15.9. The number of ether oxygens (including phenoxy) is 4.